The first-order valence-electron chi connectivity index (χ1n) is 50.0. The predicted octanol–water partition coefficient (Wildman–Crippen LogP) is 35.6. The first-order valence-corrected chi connectivity index (χ1v) is 52.4. The molecule has 0 aromatic rings. The molecule has 0 aliphatic rings. The highest BCUT2D eigenvalue weighted by atomic mass is 32.1. The van der Waals surface area contributed by atoms with Crippen LogP contribution < -0.4 is 0 Å². The molecule has 0 unspecified atom stereocenters. The molecule has 0 radical (unpaired) electrons. The van der Waals surface area contributed by atoms with E-state index in [2.05, 4.69) is 41.5 Å². The van der Waals surface area contributed by atoms with Crippen molar-refractivity contribution in [3.63, 3.8) is 0 Å². The number of hydrogen-bond donors (Lipinski definition) is 0. The van der Waals surface area contributed by atoms with Crippen LogP contribution in [-0.4, -0.2) is 83.2 Å². The molecular weight excluding hydrogens is 1510 g/mol. The highest BCUT2D eigenvalue weighted by molar-refractivity contribution is 7.81. The lowest BCUT2D eigenvalue weighted by Crippen LogP contribution is -2.47. The van der Waals surface area contributed by atoms with Crippen LogP contribution in [-0.2, 0) is 33.2 Å². The summed E-state index contributed by atoms with van der Waals surface area (Å²) in [4.78, 5) is 0. The highest BCUT2D eigenvalue weighted by Gasteiger charge is 2.40. The molecule has 13 heteroatoms. The zero-order chi connectivity index (χ0) is 82.2. The van der Waals surface area contributed by atoms with E-state index in [0.29, 0.717) is 30.3 Å². The summed E-state index contributed by atoms with van der Waals surface area (Å²) in [6.07, 6.45) is 97.2. The molecule has 0 aromatic carbocycles. The SMILES string of the molecule is CCCCCCCCCCCCCCC(=S)OCC(COCC(COC(=S)CCCCCCCCCCCCCC)(COC(=S)CCCCCCCCCCCCCC)COC(=S)CCCCCCCCCCCCCC)(COC(=S)CCCCCCCCCCCCCC)COC(=S)CCCCCCCCCCCCCC. The van der Waals surface area contributed by atoms with Gasteiger partial charge in [0.15, 0.2) is 30.3 Å². The zero-order valence-electron chi connectivity index (χ0n) is 76.1. The van der Waals surface area contributed by atoms with Crippen LogP contribution >= 0.6 is 73.3 Å². The average molecular weight is 1700 g/mol. The van der Waals surface area contributed by atoms with Gasteiger partial charge in [0.25, 0.3) is 0 Å². The van der Waals surface area contributed by atoms with Crippen molar-refractivity contribution in [1.82, 2.24) is 0 Å². The molecule has 0 aromatic heterocycles. The summed E-state index contributed by atoms with van der Waals surface area (Å²) >= 11 is 36.9. The lowest BCUT2D eigenvalue weighted by molar-refractivity contribution is -0.0935. The van der Waals surface area contributed by atoms with E-state index in [1.54, 1.807) is 0 Å². The molecule has 7 nitrogen and oxygen atoms in total. The van der Waals surface area contributed by atoms with E-state index in [0.717, 1.165) is 116 Å². The minimum Gasteiger partial charge on any atom is -0.486 e. The smallest absolute Gasteiger partial charge is 0.159 e. The normalized spacial score (nSPS) is 11.7. The summed E-state index contributed by atoms with van der Waals surface area (Å²) in [5.41, 5.74) is -1.68. The number of thiocarbonyl (C=S) groups is 6. The van der Waals surface area contributed by atoms with Crippen LogP contribution in [0.15, 0.2) is 0 Å². The van der Waals surface area contributed by atoms with Gasteiger partial charge in [0, 0.05) is 38.5 Å². The maximum Gasteiger partial charge on any atom is 0.159 e. The predicted molar refractivity (Wildman–Crippen MR) is 521 cm³/mol. The maximum absolute atomic E-state index is 7.28. The molecule has 668 valence electrons. The third kappa shape index (κ3) is 82.1. The molecule has 0 atom stereocenters. The van der Waals surface area contributed by atoms with Crippen LogP contribution in [0.1, 0.15) is 542 Å². The van der Waals surface area contributed by atoms with Crippen LogP contribution in [0.5, 0.6) is 0 Å². The monoisotopic (exact) mass is 1700 g/mol. The molecule has 0 aliphatic heterocycles. The van der Waals surface area contributed by atoms with Gasteiger partial charge in [-0.25, -0.2) is 0 Å². The lowest BCUT2D eigenvalue weighted by Gasteiger charge is -2.36. The molecular formula is C100H190O7S6. The Balaban J connectivity index is 7.19. The van der Waals surface area contributed by atoms with E-state index < -0.39 is 10.8 Å². The van der Waals surface area contributed by atoms with Crippen molar-refractivity contribution in [2.24, 2.45) is 10.8 Å². The second-order valence-corrected chi connectivity index (χ2v) is 38.0. The molecule has 0 heterocycles. The van der Waals surface area contributed by atoms with Crippen molar-refractivity contribution >= 4 is 104 Å². The summed E-state index contributed by atoms with van der Waals surface area (Å²) in [5.74, 6) is 0. The van der Waals surface area contributed by atoms with Crippen LogP contribution in [0.3, 0.4) is 0 Å². The average Bonchev–Trinajstić information content (AvgIpc) is 0.839. The summed E-state index contributed by atoms with van der Waals surface area (Å²) < 4.78 is 48.2. The van der Waals surface area contributed by atoms with Gasteiger partial charge in [0.2, 0.25) is 0 Å². The van der Waals surface area contributed by atoms with Crippen LogP contribution in [0.25, 0.3) is 0 Å². The number of hydrogen-bond acceptors (Lipinski definition) is 13. The fourth-order valence-electron chi connectivity index (χ4n) is 15.5. The number of ether oxygens (including phenoxy) is 7. The first-order chi connectivity index (χ1) is 55.4. The van der Waals surface area contributed by atoms with Crippen LogP contribution in [0.2, 0.25) is 0 Å². The Morgan fingerprint density at radius 3 is 0.345 bits per heavy atom. The second kappa shape index (κ2) is 90.5. The van der Waals surface area contributed by atoms with Crippen molar-refractivity contribution < 1.29 is 33.2 Å². The van der Waals surface area contributed by atoms with Gasteiger partial charge in [-0.2, -0.15) is 0 Å². The zero-order valence-corrected chi connectivity index (χ0v) is 81.0. The molecule has 113 heavy (non-hydrogen) atoms. The maximum atomic E-state index is 7.28. The summed E-state index contributed by atoms with van der Waals surface area (Å²) in [5, 5.41) is 3.72. The second-order valence-electron chi connectivity index (χ2n) is 35.3. The van der Waals surface area contributed by atoms with Gasteiger partial charge >= 0.3 is 0 Å². The molecule has 0 bridgehead atoms. The van der Waals surface area contributed by atoms with Gasteiger partial charge in [-0.05, 0) is 112 Å². The van der Waals surface area contributed by atoms with E-state index in [-0.39, 0.29) is 52.9 Å². The third-order valence-corrected chi connectivity index (χ3v) is 25.4. The summed E-state index contributed by atoms with van der Waals surface area (Å²) in [7, 11) is 0. The standard InChI is InChI=1S/C100H190O7S6/c1-7-13-19-25-31-37-43-49-55-61-67-73-79-93(108)102-87-99(88-103-94(109)80-74-68-62-56-50-44-38-32-26-20-14-8-2,89-104-95(110)81-75-69-63-57-51-45-39-33-27-21-15-9-3)85-101-86-100(90-105-96(111)82-76-70-64-58-52-46-40-34-28-22-16-10-4,91-106-97(112)83-77-71-65-59-53-47-41-35-29-23-17-11-5)92-107-98(113)84-78-72-66-60-54-48-42-36-30-24-18-12-6/h7-92H2,1-6H3. The van der Waals surface area contributed by atoms with Crippen molar-refractivity contribution in [3.05, 3.63) is 0 Å². The molecule has 0 amide bonds. The minimum absolute atomic E-state index is 0.217. The Labute approximate surface area is 737 Å². The van der Waals surface area contributed by atoms with Gasteiger partial charge in [0.05, 0.1) is 24.0 Å². The molecule has 0 saturated carbocycles. The van der Waals surface area contributed by atoms with E-state index in [9.17, 15) is 0 Å². The van der Waals surface area contributed by atoms with E-state index in [4.69, 9.17) is 106 Å². The van der Waals surface area contributed by atoms with Gasteiger partial charge in [0.1, 0.15) is 39.6 Å². The first kappa shape index (κ1) is 112. The minimum atomic E-state index is -0.839. The van der Waals surface area contributed by atoms with Crippen LogP contribution in [0, 0.1) is 10.8 Å². The van der Waals surface area contributed by atoms with E-state index in [1.165, 1.54) is 385 Å². The molecule has 0 aliphatic carbocycles. The molecule has 0 N–H and O–H groups in total. The summed E-state index contributed by atoms with van der Waals surface area (Å²) in [6, 6.07) is 0. The van der Waals surface area contributed by atoms with Crippen molar-refractivity contribution in [2.45, 2.75) is 542 Å². The van der Waals surface area contributed by atoms with Crippen molar-refractivity contribution in [1.29, 1.82) is 0 Å². The van der Waals surface area contributed by atoms with Gasteiger partial charge in [-0.1, -0.05) is 465 Å². The quantitative estimate of drug-likeness (QED) is 0.0429. The van der Waals surface area contributed by atoms with Crippen molar-refractivity contribution in [2.75, 3.05) is 52.9 Å². The Morgan fingerprint density at radius 1 is 0.142 bits per heavy atom. The molecule has 0 saturated heterocycles. The van der Waals surface area contributed by atoms with E-state index >= 15 is 0 Å². The fraction of sp³-hybridized carbons (Fsp3) is 0.940. The molecule has 0 rings (SSSR count). The molecule has 0 spiro atoms. The Hall–Kier alpha value is -0.700. The fourth-order valence-corrected chi connectivity index (χ4v) is 16.7. The molecule has 0 fully saturated rings. The third-order valence-electron chi connectivity index (χ3n) is 23.5. The highest BCUT2D eigenvalue weighted by Crippen LogP contribution is 2.30. The lowest BCUT2D eigenvalue weighted by atomic mass is 9.90. The Bertz CT molecular complexity index is 1700. The largest absolute Gasteiger partial charge is 0.486 e. The Morgan fingerprint density at radius 2 is 0.239 bits per heavy atom. The van der Waals surface area contributed by atoms with Gasteiger partial charge in [-0.15, -0.1) is 0 Å². The topological polar surface area (TPSA) is 64.6 Å². The van der Waals surface area contributed by atoms with Gasteiger partial charge in [-0.3, -0.25) is 0 Å². The number of rotatable bonds is 94. The van der Waals surface area contributed by atoms with Gasteiger partial charge < -0.3 is 33.2 Å². The van der Waals surface area contributed by atoms with Crippen molar-refractivity contribution in [3.8, 4) is 0 Å². The summed E-state index contributed by atoms with van der Waals surface area (Å²) in [6.45, 7) is 15.6. The van der Waals surface area contributed by atoms with E-state index in [1.807, 2.05) is 0 Å². The Kier molecular flexibility index (Phi) is 90.0. The van der Waals surface area contributed by atoms with Crippen LogP contribution in [0.4, 0.5) is 0 Å². The number of unbranched alkanes of at least 4 members (excludes halogenated alkanes) is 66.